The van der Waals surface area contributed by atoms with Crippen molar-refractivity contribution < 1.29 is 9.22 Å². The Morgan fingerprint density at radius 2 is 1.93 bits per heavy atom. The lowest BCUT2D eigenvalue weighted by molar-refractivity contribution is -0.129. The molecule has 0 heterocycles. The number of hydrogen-bond acceptors (Lipinski definition) is 2. The molecule has 82 valence electrons. The Balaban J connectivity index is 3.61. The lowest BCUT2D eigenvalue weighted by Gasteiger charge is -2.15. The van der Waals surface area contributed by atoms with Crippen LogP contribution in [-0.4, -0.2) is 14.3 Å². The lowest BCUT2D eigenvalue weighted by atomic mass is 10.2. The van der Waals surface area contributed by atoms with Gasteiger partial charge in [-0.3, -0.25) is 0 Å². The molecule has 0 N–H and O–H groups in total. The molecule has 0 fully saturated rings. The van der Waals surface area contributed by atoms with E-state index in [0.29, 0.717) is 0 Å². The van der Waals surface area contributed by atoms with E-state index in [4.69, 9.17) is 4.43 Å². The highest BCUT2D eigenvalue weighted by atomic mass is 28.4. The van der Waals surface area contributed by atoms with Crippen molar-refractivity contribution in [3.05, 3.63) is 12.2 Å². The molecule has 0 radical (unpaired) electrons. The van der Waals surface area contributed by atoms with Crippen LogP contribution in [0.5, 0.6) is 0 Å². The summed E-state index contributed by atoms with van der Waals surface area (Å²) >= 11 is 0. The molecule has 3 heteroatoms. The molecule has 0 aliphatic carbocycles. The maximum Gasteiger partial charge on any atom is 0.317 e. The Bertz CT molecular complexity index is 192. The largest absolute Gasteiger partial charge is 0.517 e. The van der Waals surface area contributed by atoms with Crippen LogP contribution in [-0.2, 0) is 9.22 Å². The number of rotatable bonds is 6. The molecule has 0 rings (SSSR count). The number of hydrogen-bond donors (Lipinski definition) is 0. The Morgan fingerprint density at radius 1 is 1.29 bits per heavy atom. The molecule has 0 saturated carbocycles. The van der Waals surface area contributed by atoms with Gasteiger partial charge in [-0.2, -0.15) is 0 Å². The lowest BCUT2D eigenvalue weighted by Crippen LogP contribution is -2.28. The van der Waals surface area contributed by atoms with Gasteiger partial charge in [-0.1, -0.05) is 25.8 Å². The van der Waals surface area contributed by atoms with Crippen LogP contribution in [0, 0.1) is 0 Å². The van der Waals surface area contributed by atoms with Crippen LogP contribution in [0.3, 0.4) is 0 Å². The Labute approximate surface area is 88.5 Å². The standard InChI is InChI=1S/C11H22O2Si/c1-5-6-7-8-9-10-11(12)13-14(2,3)4/h9-10H,5-8H2,1-4H3/b10-9+. The predicted octanol–water partition coefficient (Wildman–Crippen LogP) is 3.50. The summed E-state index contributed by atoms with van der Waals surface area (Å²) in [7, 11) is -1.70. The molecule has 0 atom stereocenters. The van der Waals surface area contributed by atoms with Crippen molar-refractivity contribution in [3.63, 3.8) is 0 Å². The zero-order valence-electron chi connectivity index (χ0n) is 9.80. The minimum atomic E-state index is -1.70. The fraction of sp³-hybridized carbons (Fsp3) is 0.727. The molecule has 0 aromatic heterocycles. The van der Waals surface area contributed by atoms with E-state index in [1.54, 1.807) is 6.08 Å². The second-order valence-corrected chi connectivity index (χ2v) is 8.86. The second-order valence-electron chi connectivity index (χ2n) is 4.43. The van der Waals surface area contributed by atoms with E-state index in [1.807, 2.05) is 25.7 Å². The van der Waals surface area contributed by atoms with E-state index in [9.17, 15) is 4.79 Å². The molecule has 0 amide bonds. The van der Waals surface area contributed by atoms with E-state index in [1.165, 1.54) is 12.8 Å². The first-order valence-corrected chi connectivity index (χ1v) is 8.76. The molecule has 0 aromatic rings. The van der Waals surface area contributed by atoms with Crippen molar-refractivity contribution in [2.45, 2.75) is 52.2 Å². The summed E-state index contributed by atoms with van der Waals surface area (Å²) in [5, 5.41) is 0. The fourth-order valence-electron chi connectivity index (χ4n) is 1.03. The Kier molecular flexibility index (Phi) is 6.54. The van der Waals surface area contributed by atoms with E-state index in [-0.39, 0.29) is 5.97 Å². The summed E-state index contributed by atoms with van der Waals surface area (Å²) in [6, 6.07) is 0. The van der Waals surface area contributed by atoms with Gasteiger partial charge >= 0.3 is 5.97 Å². The van der Waals surface area contributed by atoms with Crippen molar-refractivity contribution in [1.82, 2.24) is 0 Å². The first-order valence-electron chi connectivity index (χ1n) is 5.35. The molecular weight excluding hydrogens is 192 g/mol. The molecule has 0 aliphatic heterocycles. The maximum atomic E-state index is 11.2. The van der Waals surface area contributed by atoms with E-state index < -0.39 is 8.32 Å². The van der Waals surface area contributed by atoms with Crippen LogP contribution < -0.4 is 0 Å². The topological polar surface area (TPSA) is 26.3 Å². The Morgan fingerprint density at radius 3 is 2.43 bits per heavy atom. The van der Waals surface area contributed by atoms with Crippen LogP contribution in [0.4, 0.5) is 0 Å². The zero-order chi connectivity index (χ0) is 11.0. The first kappa shape index (κ1) is 13.4. The first-order chi connectivity index (χ1) is 6.45. The summed E-state index contributed by atoms with van der Waals surface area (Å²) in [4.78, 5) is 11.2. The second kappa shape index (κ2) is 6.82. The number of carbonyl (C=O) groups excluding carboxylic acids is 1. The van der Waals surface area contributed by atoms with Gasteiger partial charge in [0.15, 0.2) is 0 Å². The molecule has 0 aliphatic rings. The average Bonchev–Trinajstić information content (AvgIpc) is 2.00. The van der Waals surface area contributed by atoms with Crippen molar-refractivity contribution >= 4 is 14.3 Å². The zero-order valence-corrected chi connectivity index (χ0v) is 10.8. The monoisotopic (exact) mass is 214 g/mol. The highest BCUT2D eigenvalue weighted by molar-refractivity contribution is 6.71. The summed E-state index contributed by atoms with van der Waals surface area (Å²) in [6.07, 6.45) is 8.06. The smallest absolute Gasteiger partial charge is 0.317 e. The van der Waals surface area contributed by atoms with Gasteiger partial charge in [-0.25, -0.2) is 4.79 Å². The SMILES string of the molecule is CCCCC/C=C/C(=O)O[Si](C)(C)C. The van der Waals surface area contributed by atoms with Crippen molar-refractivity contribution in [2.75, 3.05) is 0 Å². The third kappa shape index (κ3) is 9.51. The molecule has 0 saturated heterocycles. The average molecular weight is 214 g/mol. The van der Waals surface area contributed by atoms with E-state index >= 15 is 0 Å². The van der Waals surface area contributed by atoms with E-state index in [2.05, 4.69) is 6.92 Å². The molecule has 2 nitrogen and oxygen atoms in total. The van der Waals surface area contributed by atoms with Gasteiger partial charge < -0.3 is 4.43 Å². The number of allylic oxidation sites excluding steroid dienone is 1. The van der Waals surface area contributed by atoms with Crippen LogP contribution in [0.15, 0.2) is 12.2 Å². The van der Waals surface area contributed by atoms with Gasteiger partial charge in [-0.15, -0.1) is 0 Å². The third-order valence-electron chi connectivity index (χ3n) is 1.64. The maximum absolute atomic E-state index is 11.2. The third-order valence-corrected chi connectivity index (χ3v) is 2.45. The summed E-state index contributed by atoms with van der Waals surface area (Å²) in [5.74, 6) is -0.180. The van der Waals surface area contributed by atoms with Crippen LogP contribution in [0.25, 0.3) is 0 Å². The quantitative estimate of drug-likeness (QED) is 0.384. The number of carbonyl (C=O) groups is 1. The van der Waals surface area contributed by atoms with Crippen LogP contribution in [0.2, 0.25) is 19.6 Å². The predicted molar refractivity (Wildman–Crippen MR) is 62.7 cm³/mol. The normalized spacial score (nSPS) is 12.0. The molecule has 0 unspecified atom stereocenters. The summed E-state index contributed by atoms with van der Waals surface area (Å²) < 4.78 is 5.26. The summed E-state index contributed by atoms with van der Waals surface area (Å²) in [5.41, 5.74) is 0. The highest BCUT2D eigenvalue weighted by Crippen LogP contribution is 2.04. The van der Waals surface area contributed by atoms with Crippen molar-refractivity contribution in [3.8, 4) is 0 Å². The van der Waals surface area contributed by atoms with Gasteiger partial charge in [-0.05, 0) is 32.5 Å². The van der Waals surface area contributed by atoms with Crippen LogP contribution >= 0.6 is 0 Å². The molecule has 0 aromatic carbocycles. The molecule has 0 spiro atoms. The highest BCUT2D eigenvalue weighted by Gasteiger charge is 2.17. The minimum Gasteiger partial charge on any atom is -0.517 e. The fourth-order valence-corrected chi connectivity index (χ4v) is 1.70. The van der Waals surface area contributed by atoms with Crippen molar-refractivity contribution in [2.24, 2.45) is 0 Å². The number of unbranched alkanes of at least 4 members (excludes halogenated alkanes) is 3. The van der Waals surface area contributed by atoms with Gasteiger partial charge in [0.1, 0.15) is 0 Å². The van der Waals surface area contributed by atoms with E-state index in [0.717, 1.165) is 12.8 Å². The van der Waals surface area contributed by atoms with Crippen molar-refractivity contribution in [1.29, 1.82) is 0 Å². The molecule has 0 bridgehead atoms. The molecule has 14 heavy (non-hydrogen) atoms. The minimum absolute atomic E-state index is 0.180. The van der Waals surface area contributed by atoms with Gasteiger partial charge in [0.2, 0.25) is 8.32 Å². The Hall–Kier alpha value is -0.573. The molecular formula is C11H22O2Si. The van der Waals surface area contributed by atoms with Gasteiger partial charge in [0.05, 0.1) is 0 Å². The summed E-state index contributed by atoms with van der Waals surface area (Å²) in [6.45, 7) is 8.20. The van der Waals surface area contributed by atoms with Gasteiger partial charge in [0, 0.05) is 6.08 Å². The van der Waals surface area contributed by atoms with Gasteiger partial charge in [0.25, 0.3) is 0 Å². The van der Waals surface area contributed by atoms with Crippen LogP contribution in [0.1, 0.15) is 32.6 Å².